The Morgan fingerprint density at radius 2 is 0.667 bits per heavy atom. The van der Waals surface area contributed by atoms with Gasteiger partial charge >= 0.3 is 0 Å². The molecule has 0 saturated heterocycles. The average Bonchev–Trinajstić information content (AvgIpc) is 2.93. The smallest absolute Gasteiger partial charge is 0.0724 e. The van der Waals surface area contributed by atoms with Crippen LogP contribution in [0, 0.1) is 0 Å². The fourth-order valence-electron chi connectivity index (χ4n) is 3.82. The maximum atomic E-state index is 5.37. The minimum absolute atomic E-state index is 0.574. The van der Waals surface area contributed by atoms with Crippen LogP contribution in [0.1, 0.15) is 33.4 Å². The minimum Gasteiger partial charge on any atom is -0.380 e. The molecule has 6 nitrogen and oxygen atoms in total. The van der Waals surface area contributed by atoms with E-state index < -0.39 is 0 Å². The van der Waals surface area contributed by atoms with Gasteiger partial charge in [-0.1, -0.05) is 92.1 Å². The molecule has 3 aromatic carbocycles. The lowest BCUT2D eigenvalue weighted by Crippen LogP contribution is -1.99. The predicted molar refractivity (Wildman–Crippen MR) is 163 cm³/mol. The van der Waals surface area contributed by atoms with Gasteiger partial charge in [0.1, 0.15) is 0 Å². The van der Waals surface area contributed by atoms with Crippen molar-refractivity contribution >= 4 is 37.5 Å². The van der Waals surface area contributed by atoms with Crippen LogP contribution in [0.25, 0.3) is 0 Å². The molecule has 9 heteroatoms. The molecule has 3 aromatic rings. The molecule has 0 heterocycles. The Morgan fingerprint density at radius 1 is 0.436 bits per heavy atom. The van der Waals surface area contributed by atoms with Crippen molar-refractivity contribution in [2.24, 2.45) is 0 Å². The summed E-state index contributed by atoms with van der Waals surface area (Å²) in [6.07, 6.45) is 0. The standard InChI is InChI=1S/C20H26O4S2.C10H13BrO2/c1-21-11-15-7-5-8-16(12-22-2)19(15)25-26-20-17(13-23-3)9-6-10-18(20)14-24-4;1-12-6-8-4-3-5-9(7-13-2)10(8)11/h5-10H,11-14H2,1-4H3;3-5H,6-7H2,1-2H3. The number of halogens is 1. The molecule has 0 bridgehead atoms. The number of hydrogen-bond acceptors (Lipinski definition) is 8. The van der Waals surface area contributed by atoms with Gasteiger partial charge in [0, 0.05) is 56.9 Å². The van der Waals surface area contributed by atoms with E-state index in [-0.39, 0.29) is 0 Å². The van der Waals surface area contributed by atoms with E-state index in [1.54, 1.807) is 64.2 Å². The van der Waals surface area contributed by atoms with Gasteiger partial charge in [0.25, 0.3) is 0 Å². The van der Waals surface area contributed by atoms with Crippen molar-refractivity contribution in [3.8, 4) is 0 Å². The normalized spacial score (nSPS) is 10.8. The number of ether oxygens (including phenoxy) is 6. The van der Waals surface area contributed by atoms with E-state index in [9.17, 15) is 0 Å². The Morgan fingerprint density at radius 3 is 0.923 bits per heavy atom. The zero-order chi connectivity index (χ0) is 28.5. The topological polar surface area (TPSA) is 55.4 Å². The maximum Gasteiger partial charge on any atom is 0.0724 e. The van der Waals surface area contributed by atoms with E-state index in [2.05, 4.69) is 40.2 Å². The summed E-state index contributed by atoms with van der Waals surface area (Å²) >= 11 is 3.52. The second kappa shape index (κ2) is 19.6. The number of benzene rings is 3. The van der Waals surface area contributed by atoms with Crippen LogP contribution in [0.3, 0.4) is 0 Å². The molecule has 0 aliphatic carbocycles. The van der Waals surface area contributed by atoms with E-state index in [0.717, 1.165) is 37.9 Å². The van der Waals surface area contributed by atoms with Crippen molar-refractivity contribution in [2.45, 2.75) is 49.4 Å². The predicted octanol–water partition coefficient (Wildman–Crippen LogP) is 7.81. The average molecular weight is 640 g/mol. The fourth-order valence-corrected chi connectivity index (χ4v) is 7.20. The van der Waals surface area contributed by atoms with Gasteiger partial charge in [-0.25, -0.2) is 0 Å². The van der Waals surface area contributed by atoms with Gasteiger partial charge in [0.2, 0.25) is 0 Å². The Balaban J connectivity index is 0.000000344. The molecule has 0 aromatic heterocycles. The summed E-state index contributed by atoms with van der Waals surface area (Å²) in [6.45, 7) is 3.54. The van der Waals surface area contributed by atoms with Crippen molar-refractivity contribution in [1.29, 1.82) is 0 Å². The lowest BCUT2D eigenvalue weighted by molar-refractivity contribution is 0.176. The van der Waals surface area contributed by atoms with Gasteiger partial charge in [-0.05, 0) is 33.4 Å². The Bertz CT molecular complexity index is 996. The fraction of sp³-hybridized carbons (Fsp3) is 0.400. The summed E-state index contributed by atoms with van der Waals surface area (Å²) in [5.41, 5.74) is 6.96. The number of methoxy groups -OCH3 is 6. The molecule has 0 fully saturated rings. The first-order chi connectivity index (χ1) is 19.0. The van der Waals surface area contributed by atoms with Crippen LogP contribution in [0.2, 0.25) is 0 Å². The van der Waals surface area contributed by atoms with Gasteiger partial charge in [-0.15, -0.1) is 0 Å². The van der Waals surface area contributed by atoms with Crippen molar-refractivity contribution in [3.63, 3.8) is 0 Å². The first kappa shape index (κ1) is 33.8. The minimum atomic E-state index is 0.574. The molecule has 0 radical (unpaired) electrons. The monoisotopic (exact) mass is 638 g/mol. The van der Waals surface area contributed by atoms with Gasteiger partial charge < -0.3 is 28.4 Å². The largest absolute Gasteiger partial charge is 0.380 e. The summed E-state index contributed by atoms with van der Waals surface area (Å²) in [7, 11) is 13.7. The van der Waals surface area contributed by atoms with E-state index in [1.807, 2.05) is 30.3 Å². The quantitative estimate of drug-likeness (QED) is 0.156. The Hall–Kier alpha value is -1.40. The first-order valence-electron chi connectivity index (χ1n) is 12.3. The summed E-state index contributed by atoms with van der Waals surface area (Å²) < 4.78 is 32.7. The third-order valence-corrected chi connectivity index (χ3v) is 9.26. The highest BCUT2D eigenvalue weighted by Gasteiger charge is 2.14. The molecule has 0 atom stereocenters. The second-order valence-electron chi connectivity index (χ2n) is 8.47. The van der Waals surface area contributed by atoms with Crippen LogP contribution < -0.4 is 0 Å². The van der Waals surface area contributed by atoms with Crippen molar-refractivity contribution in [3.05, 3.63) is 92.5 Å². The van der Waals surface area contributed by atoms with Gasteiger partial charge in [-0.3, -0.25) is 0 Å². The number of hydrogen-bond donors (Lipinski definition) is 0. The Labute approximate surface area is 249 Å². The van der Waals surface area contributed by atoms with Gasteiger partial charge in [-0.2, -0.15) is 0 Å². The lowest BCUT2D eigenvalue weighted by Gasteiger charge is -2.16. The van der Waals surface area contributed by atoms with E-state index in [4.69, 9.17) is 28.4 Å². The third-order valence-electron chi connectivity index (χ3n) is 5.52. The molecule has 0 aliphatic rings. The van der Waals surface area contributed by atoms with Gasteiger partial charge in [0.15, 0.2) is 0 Å². The zero-order valence-electron chi connectivity index (χ0n) is 23.6. The highest BCUT2D eigenvalue weighted by molar-refractivity contribution is 9.10. The molecule has 0 aliphatic heterocycles. The third kappa shape index (κ3) is 10.8. The highest BCUT2D eigenvalue weighted by Crippen LogP contribution is 2.44. The van der Waals surface area contributed by atoms with Crippen LogP contribution in [0.4, 0.5) is 0 Å². The molecular formula is C30H39BrO6S2. The molecule has 3 rings (SSSR count). The van der Waals surface area contributed by atoms with Gasteiger partial charge in [0.05, 0.1) is 39.6 Å². The Kier molecular flexibility index (Phi) is 17.0. The lowest BCUT2D eigenvalue weighted by atomic mass is 10.1. The molecule has 0 N–H and O–H groups in total. The molecule has 214 valence electrons. The molecule has 0 unspecified atom stereocenters. The second-order valence-corrected chi connectivity index (χ2v) is 11.4. The maximum absolute atomic E-state index is 5.37. The summed E-state index contributed by atoms with van der Waals surface area (Å²) in [5, 5.41) is 0. The van der Waals surface area contributed by atoms with Crippen LogP contribution in [0.15, 0.2) is 68.9 Å². The number of rotatable bonds is 15. The van der Waals surface area contributed by atoms with E-state index >= 15 is 0 Å². The molecule has 0 amide bonds. The highest BCUT2D eigenvalue weighted by atomic mass is 79.9. The van der Waals surface area contributed by atoms with Crippen molar-refractivity contribution in [1.82, 2.24) is 0 Å². The zero-order valence-corrected chi connectivity index (χ0v) is 26.8. The van der Waals surface area contributed by atoms with Crippen LogP contribution >= 0.6 is 37.5 Å². The SMILES string of the molecule is COCc1cccc(COC)c1Br.COCc1cccc(COC)c1SSc1c(COC)cccc1COC. The van der Waals surface area contributed by atoms with Crippen molar-refractivity contribution < 1.29 is 28.4 Å². The van der Waals surface area contributed by atoms with Crippen molar-refractivity contribution in [2.75, 3.05) is 42.7 Å². The summed E-state index contributed by atoms with van der Waals surface area (Å²) in [4.78, 5) is 2.38. The van der Waals surface area contributed by atoms with E-state index in [1.165, 1.54) is 9.79 Å². The molecule has 39 heavy (non-hydrogen) atoms. The first-order valence-corrected chi connectivity index (χ1v) is 15.2. The molecule has 0 saturated carbocycles. The summed E-state index contributed by atoms with van der Waals surface area (Å²) in [6, 6.07) is 18.6. The van der Waals surface area contributed by atoms with E-state index in [0.29, 0.717) is 39.6 Å². The molecule has 0 spiro atoms. The van der Waals surface area contributed by atoms with Crippen LogP contribution in [0.5, 0.6) is 0 Å². The van der Waals surface area contributed by atoms with Crippen LogP contribution in [-0.2, 0) is 68.1 Å². The molecular weight excluding hydrogens is 600 g/mol. The summed E-state index contributed by atoms with van der Waals surface area (Å²) in [5.74, 6) is 0. The van der Waals surface area contributed by atoms with Crippen LogP contribution in [-0.4, -0.2) is 42.7 Å².